The van der Waals surface area contributed by atoms with Crippen LogP contribution in [0.3, 0.4) is 0 Å². The highest BCUT2D eigenvalue weighted by atomic mass is 16.2. The number of hydrogen-bond acceptors (Lipinski definition) is 7. The molecular weight excluding hydrogens is 442 g/mol. The Hall–Kier alpha value is -3.98. The molecule has 1 fully saturated rings. The summed E-state index contributed by atoms with van der Waals surface area (Å²) in [4.78, 5) is 36.2. The van der Waals surface area contributed by atoms with E-state index in [1.807, 2.05) is 49.3 Å². The van der Waals surface area contributed by atoms with Crippen LogP contribution in [0.2, 0.25) is 0 Å². The van der Waals surface area contributed by atoms with Crippen molar-refractivity contribution in [3.05, 3.63) is 71.5 Å². The van der Waals surface area contributed by atoms with Crippen LogP contribution < -0.4 is 26.6 Å². The molecule has 1 aliphatic rings. The van der Waals surface area contributed by atoms with E-state index in [0.717, 1.165) is 37.2 Å². The van der Waals surface area contributed by atoms with Gasteiger partial charge in [0.15, 0.2) is 11.5 Å². The molecular formula is C26H31N7O2. The summed E-state index contributed by atoms with van der Waals surface area (Å²) in [6.45, 7) is 2.09. The molecule has 0 spiro atoms. The second kappa shape index (κ2) is 11.0. The summed E-state index contributed by atoms with van der Waals surface area (Å²) in [5.41, 5.74) is 9.79. The Morgan fingerprint density at radius 1 is 1.14 bits per heavy atom. The van der Waals surface area contributed by atoms with Gasteiger partial charge in [-0.25, -0.2) is 9.97 Å². The fourth-order valence-electron chi connectivity index (χ4n) is 3.95. The second-order valence-corrected chi connectivity index (χ2v) is 8.83. The van der Waals surface area contributed by atoms with Crippen LogP contribution in [0.15, 0.2) is 54.7 Å². The highest BCUT2D eigenvalue weighted by Gasteiger charge is 2.20. The average Bonchev–Trinajstić information content (AvgIpc) is 2.88. The van der Waals surface area contributed by atoms with Crippen molar-refractivity contribution in [1.29, 1.82) is 0 Å². The summed E-state index contributed by atoms with van der Waals surface area (Å²) in [6.07, 6.45) is 3.42. The topological polar surface area (TPSA) is 125 Å². The lowest BCUT2D eigenvalue weighted by Crippen LogP contribution is -2.46. The molecule has 5 N–H and O–H groups in total. The molecule has 0 radical (unpaired) electrons. The van der Waals surface area contributed by atoms with Crippen molar-refractivity contribution in [3.8, 4) is 11.3 Å². The first kappa shape index (κ1) is 24.2. The summed E-state index contributed by atoms with van der Waals surface area (Å²) in [5.74, 6) is -0.473. The zero-order chi connectivity index (χ0) is 24.8. The Labute approximate surface area is 205 Å². The Kier molecular flexibility index (Phi) is 7.57. The SMILES string of the molecule is CN(C)c1ccc(CNC(=O)c2cccc(-c3cnc(N)c(C(=O)N[C@H]4CCCNC4)n3)c2)cc1. The summed E-state index contributed by atoms with van der Waals surface area (Å²) < 4.78 is 0. The Balaban J connectivity index is 1.45. The highest BCUT2D eigenvalue weighted by Crippen LogP contribution is 2.20. The molecule has 4 rings (SSSR count). The van der Waals surface area contributed by atoms with E-state index >= 15 is 0 Å². The van der Waals surface area contributed by atoms with Gasteiger partial charge in [-0.15, -0.1) is 0 Å². The second-order valence-electron chi connectivity index (χ2n) is 8.83. The molecule has 9 heteroatoms. The number of carbonyl (C=O) groups is 2. The smallest absolute Gasteiger partial charge is 0.274 e. The van der Waals surface area contributed by atoms with Gasteiger partial charge in [-0.2, -0.15) is 0 Å². The summed E-state index contributed by atoms with van der Waals surface area (Å²) >= 11 is 0. The number of piperidine rings is 1. The number of nitrogen functional groups attached to an aromatic ring is 1. The summed E-state index contributed by atoms with van der Waals surface area (Å²) in [5, 5.41) is 9.19. The molecule has 2 heterocycles. The number of rotatable bonds is 7. The quantitative estimate of drug-likeness (QED) is 0.415. The van der Waals surface area contributed by atoms with Crippen molar-refractivity contribution in [2.45, 2.75) is 25.4 Å². The van der Waals surface area contributed by atoms with E-state index in [1.54, 1.807) is 18.2 Å². The van der Waals surface area contributed by atoms with Gasteiger partial charge < -0.3 is 26.6 Å². The molecule has 35 heavy (non-hydrogen) atoms. The first-order valence-corrected chi connectivity index (χ1v) is 11.7. The molecule has 182 valence electrons. The minimum Gasteiger partial charge on any atom is -0.382 e. The largest absolute Gasteiger partial charge is 0.382 e. The van der Waals surface area contributed by atoms with E-state index < -0.39 is 0 Å². The van der Waals surface area contributed by atoms with E-state index in [2.05, 4.69) is 25.9 Å². The first-order chi connectivity index (χ1) is 16.9. The maximum absolute atomic E-state index is 12.8. The van der Waals surface area contributed by atoms with Crippen molar-refractivity contribution in [2.75, 3.05) is 37.8 Å². The number of nitrogens with zero attached hydrogens (tertiary/aromatic N) is 3. The maximum Gasteiger partial charge on any atom is 0.274 e. The number of aromatic nitrogens is 2. The lowest BCUT2D eigenvalue weighted by Gasteiger charge is -2.23. The third-order valence-corrected chi connectivity index (χ3v) is 5.97. The van der Waals surface area contributed by atoms with Crippen LogP contribution in [0.4, 0.5) is 11.5 Å². The minimum absolute atomic E-state index is 0.0345. The van der Waals surface area contributed by atoms with Crippen LogP contribution >= 0.6 is 0 Å². The van der Waals surface area contributed by atoms with Gasteiger partial charge in [0.1, 0.15) is 0 Å². The number of nitrogens with two attached hydrogens (primary N) is 1. The van der Waals surface area contributed by atoms with Crippen molar-refractivity contribution in [1.82, 2.24) is 25.9 Å². The zero-order valence-corrected chi connectivity index (χ0v) is 20.0. The number of amides is 2. The molecule has 9 nitrogen and oxygen atoms in total. The van der Waals surface area contributed by atoms with Gasteiger partial charge in [0.25, 0.3) is 11.8 Å². The van der Waals surface area contributed by atoms with E-state index in [4.69, 9.17) is 5.73 Å². The highest BCUT2D eigenvalue weighted by molar-refractivity contribution is 5.97. The molecule has 2 amide bonds. The first-order valence-electron chi connectivity index (χ1n) is 11.7. The third-order valence-electron chi connectivity index (χ3n) is 5.97. The van der Waals surface area contributed by atoms with Gasteiger partial charge in [0, 0.05) is 50.0 Å². The molecule has 0 aliphatic carbocycles. The molecule has 0 saturated carbocycles. The molecule has 0 unspecified atom stereocenters. The number of anilines is 2. The lowest BCUT2D eigenvalue weighted by atomic mass is 10.1. The van der Waals surface area contributed by atoms with Gasteiger partial charge in [0.05, 0.1) is 11.9 Å². The van der Waals surface area contributed by atoms with Gasteiger partial charge in [-0.3, -0.25) is 9.59 Å². The van der Waals surface area contributed by atoms with E-state index in [-0.39, 0.29) is 29.4 Å². The fourth-order valence-corrected chi connectivity index (χ4v) is 3.95. The molecule has 1 atom stereocenters. The monoisotopic (exact) mass is 473 g/mol. The Morgan fingerprint density at radius 2 is 1.94 bits per heavy atom. The van der Waals surface area contributed by atoms with Gasteiger partial charge in [-0.05, 0) is 49.2 Å². The lowest BCUT2D eigenvalue weighted by molar-refractivity contribution is 0.0923. The van der Waals surface area contributed by atoms with E-state index in [1.165, 1.54) is 6.20 Å². The van der Waals surface area contributed by atoms with Crippen LogP contribution in [-0.2, 0) is 6.54 Å². The van der Waals surface area contributed by atoms with Crippen molar-refractivity contribution in [3.63, 3.8) is 0 Å². The molecule has 0 bridgehead atoms. The predicted octanol–water partition coefficient (Wildman–Crippen LogP) is 2.20. The van der Waals surface area contributed by atoms with Gasteiger partial charge >= 0.3 is 0 Å². The molecule has 1 aromatic heterocycles. The third kappa shape index (κ3) is 6.13. The normalized spacial score (nSPS) is 15.3. The van der Waals surface area contributed by atoms with Crippen molar-refractivity contribution >= 4 is 23.3 Å². The number of benzene rings is 2. The summed E-state index contributed by atoms with van der Waals surface area (Å²) in [7, 11) is 3.97. The predicted molar refractivity (Wildman–Crippen MR) is 137 cm³/mol. The van der Waals surface area contributed by atoms with Crippen LogP contribution in [0.1, 0.15) is 39.3 Å². The Bertz CT molecular complexity index is 1190. The van der Waals surface area contributed by atoms with Crippen LogP contribution in [0.25, 0.3) is 11.3 Å². The standard InChI is InChI=1S/C26H31N7O2/c1-33(2)21-10-8-17(9-11-21)14-30-25(34)19-6-3-5-18(13-19)22-16-29-24(27)23(32-22)26(35)31-20-7-4-12-28-15-20/h3,5-6,8-11,13,16,20,28H,4,7,12,14-15H2,1-2H3,(H2,27,29)(H,30,34)(H,31,35)/t20-/m0/s1. The van der Waals surface area contributed by atoms with Crippen molar-refractivity contribution in [2.24, 2.45) is 0 Å². The number of carbonyl (C=O) groups excluding carboxylic acids is 2. The number of nitrogens with one attached hydrogen (secondary N) is 3. The van der Waals surface area contributed by atoms with Crippen LogP contribution in [0.5, 0.6) is 0 Å². The average molecular weight is 474 g/mol. The van der Waals surface area contributed by atoms with Crippen LogP contribution in [-0.4, -0.2) is 55.0 Å². The van der Waals surface area contributed by atoms with Gasteiger partial charge in [-0.1, -0.05) is 24.3 Å². The molecule has 2 aromatic carbocycles. The van der Waals surface area contributed by atoms with E-state index in [9.17, 15) is 9.59 Å². The minimum atomic E-state index is -0.347. The zero-order valence-electron chi connectivity index (χ0n) is 20.0. The maximum atomic E-state index is 12.8. The number of hydrogen-bond donors (Lipinski definition) is 4. The molecule has 3 aromatic rings. The van der Waals surface area contributed by atoms with Crippen LogP contribution in [0, 0.1) is 0 Å². The van der Waals surface area contributed by atoms with Crippen molar-refractivity contribution < 1.29 is 9.59 Å². The Morgan fingerprint density at radius 3 is 2.66 bits per heavy atom. The molecule has 1 saturated heterocycles. The van der Waals surface area contributed by atoms with Gasteiger partial charge in [0.2, 0.25) is 0 Å². The summed E-state index contributed by atoms with van der Waals surface area (Å²) in [6, 6.07) is 15.1. The van der Waals surface area contributed by atoms with E-state index in [0.29, 0.717) is 23.4 Å². The fraction of sp³-hybridized carbons (Fsp3) is 0.308. The molecule has 1 aliphatic heterocycles.